The molecule has 1 saturated heterocycles. The predicted molar refractivity (Wildman–Crippen MR) is 67.2 cm³/mol. The molecule has 0 aromatic rings. The lowest BCUT2D eigenvalue weighted by Crippen LogP contribution is -2.30. The van der Waals surface area contributed by atoms with Crippen LogP contribution in [0.5, 0.6) is 0 Å². The molecule has 1 fully saturated rings. The Hall–Kier alpha value is -0.870. The molecule has 0 radical (unpaired) electrons. The van der Waals surface area contributed by atoms with Gasteiger partial charge >= 0.3 is 5.97 Å². The van der Waals surface area contributed by atoms with E-state index in [2.05, 4.69) is 13.8 Å². The molecule has 0 aromatic heterocycles. The highest BCUT2D eigenvalue weighted by molar-refractivity contribution is 5.89. The molecule has 2 rings (SSSR count). The maximum absolute atomic E-state index is 11.7. The first-order chi connectivity index (χ1) is 8.69. The van der Waals surface area contributed by atoms with Gasteiger partial charge in [0.2, 0.25) is 0 Å². The number of hydrogen-bond acceptors (Lipinski definition) is 4. The molecular weight excluding hydrogens is 232 g/mol. The van der Waals surface area contributed by atoms with Crippen molar-refractivity contribution in [2.24, 2.45) is 0 Å². The highest BCUT2D eigenvalue weighted by Gasteiger charge is 2.49. The number of esters is 1. The lowest BCUT2D eigenvalue weighted by atomic mass is 9.97. The van der Waals surface area contributed by atoms with Gasteiger partial charge in [0.05, 0.1) is 18.8 Å². The van der Waals surface area contributed by atoms with Crippen molar-refractivity contribution in [1.82, 2.24) is 0 Å². The Morgan fingerprint density at radius 2 is 2.17 bits per heavy atom. The third-order valence-corrected chi connectivity index (χ3v) is 3.53. The molecule has 0 bridgehead atoms. The number of fused-ring (bicyclic) bond motifs is 1. The van der Waals surface area contributed by atoms with Gasteiger partial charge < -0.3 is 14.2 Å². The minimum Gasteiger partial charge on any atom is -0.463 e. The summed E-state index contributed by atoms with van der Waals surface area (Å²) in [6, 6.07) is 0. The van der Waals surface area contributed by atoms with Gasteiger partial charge in [-0.3, -0.25) is 0 Å². The normalized spacial score (nSPS) is 29.8. The fourth-order valence-electron chi connectivity index (χ4n) is 2.38. The minimum absolute atomic E-state index is 0.0898. The largest absolute Gasteiger partial charge is 0.463 e. The second-order valence-electron chi connectivity index (χ2n) is 4.79. The Bertz CT molecular complexity index is 333. The fourth-order valence-corrected chi connectivity index (χ4v) is 2.38. The van der Waals surface area contributed by atoms with Crippen LogP contribution >= 0.6 is 0 Å². The number of ether oxygens (including phenoxy) is 3. The zero-order valence-electron chi connectivity index (χ0n) is 11.3. The highest BCUT2D eigenvalue weighted by atomic mass is 16.6. The van der Waals surface area contributed by atoms with Gasteiger partial charge in [-0.15, -0.1) is 0 Å². The number of rotatable bonds is 6. The fraction of sp³-hybridized carbons (Fsp3) is 0.786. The van der Waals surface area contributed by atoms with Crippen molar-refractivity contribution in [1.29, 1.82) is 0 Å². The van der Waals surface area contributed by atoms with Crippen molar-refractivity contribution in [2.45, 2.75) is 64.4 Å². The summed E-state index contributed by atoms with van der Waals surface area (Å²) in [7, 11) is 0. The van der Waals surface area contributed by atoms with Crippen LogP contribution in [0.15, 0.2) is 11.6 Å². The van der Waals surface area contributed by atoms with E-state index in [1.165, 1.54) is 0 Å². The van der Waals surface area contributed by atoms with Crippen molar-refractivity contribution < 1.29 is 19.0 Å². The molecule has 4 heteroatoms. The summed E-state index contributed by atoms with van der Waals surface area (Å²) in [6.07, 6.45) is 4.94. The summed E-state index contributed by atoms with van der Waals surface area (Å²) in [5.41, 5.74) is 0.701. The summed E-state index contributed by atoms with van der Waals surface area (Å²) in [5.74, 6) is -0.232. The zero-order chi connectivity index (χ0) is 13.1. The van der Waals surface area contributed by atoms with Gasteiger partial charge in [-0.05, 0) is 25.8 Å². The van der Waals surface area contributed by atoms with E-state index in [1.54, 1.807) is 0 Å². The molecule has 2 aliphatic rings. The number of hydrogen-bond donors (Lipinski definition) is 0. The third-order valence-electron chi connectivity index (χ3n) is 3.53. The van der Waals surface area contributed by atoms with Crippen molar-refractivity contribution >= 4 is 5.97 Å². The van der Waals surface area contributed by atoms with Crippen LogP contribution in [0.25, 0.3) is 0 Å². The standard InChI is InChI=1S/C14H22O4/c1-4-10(5-2)17-11-7-9(14(15)16-6-3)8-12-13(11)18-12/h7,10-13H,4-6,8H2,1-3H3/t11-,12-,13+/m0/s1. The molecule has 3 atom stereocenters. The van der Waals surface area contributed by atoms with Gasteiger partial charge in [-0.2, -0.15) is 0 Å². The maximum atomic E-state index is 11.7. The molecule has 1 heterocycles. The lowest BCUT2D eigenvalue weighted by molar-refractivity contribution is -0.138. The van der Waals surface area contributed by atoms with E-state index in [0.29, 0.717) is 18.6 Å². The van der Waals surface area contributed by atoms with Crippen LogP contribution in [0.2, 0.25) is 0 Å². The summed E-state index contributed by atoms with van der Waals surface area (Å²) < 4.78 is 16.6. The van der Waals surface area contributed by atoms with Crippen LogP contribution in [0.3, 0.4) is 0 Å². The molecule has 0 saturated carbocycles. The smallest absolute Gasteiger partial charge is 0.333 e. The van der Waals surface area contributed by atoms with E-state index < -0.39 is 0 Å². The summed E-state index contributed by atoms with van der Waals surface area (Å²) >= 11 is 0. The maximum Gasteiger partial charge on any atom is 0.333 e. The Balaban J connectivity index is 2.00. The number of epoxide rings is 1. The SMILES string of the molecule is CCOC(=O)C1=C[C@H](OC(CC)CC)[C@H]2O[C@H]2C1. The van der Waals surface area contributed by atoms with Crippen LogP contribution in [0, 0.1) is 0 Å². The van der Waals surface area contributed by atoms with Crippen molar-refractivity contribution in [3.63, 3.8) is 0 Å². The number of carbonyl (C=O) groups is 1. The molecule has 102 valence electrons. The van der Waals surface area contributed by atoms with Gasteiger partial charge in [0, 0.05) is 12.0 Å². The van der Waals surface area contributed by atoms with Crippen molar-refractivity contribution in [3.05, 3.63) is 11.6 Å². The molecule has 0 unspecified atom stereocenters. The average molecular weight is 254 g/mol. The van der Waals surface area contributed by atoms with Gasteiger partial charge in [0.15, 0.2) is 0 Å². The second kappa shape index (κ2) is 5.85. The van der Waals surface area contributed by atoms with Gasteiger partial charge in [-0.25, -0.2) is 4.79 Å². The van der Waals surface area contributed by atoms with E-state index >= 15 is 0 Å². The Labute approximate surface area is 108 Å². The molecule has 1 aliphatic carbocycles. The summed E-state index contributed by atoms with van der Waals surface area (Å²) in [4.78, 5) is 11.7. The molecule has 0 aromatic carbocycles. The van der Waals surface area contributed by atoms with E-state index in [4.69, 9.17) is 14.2 Å². The first-order valence-corrected chi connectivity index (χ1v) is 6.88. The summed E-state index contributed by atoms with van der Waals surface area (Å²) in [5, 5.41) is 0. The molecule has 0 spiro atoms. The van der Waals surface area contributed by atoms with Gasteiger partial charge in [0.1, 0.15) is 12.2 Å². The first-order valence-electron chi connectivity index (χ1n) is 6.88. The highest BCUT2D eigenvalue weighted by Crippen LogP contribution is 2.38. The van der Waals surface area contributed by atoms with E-state index in [0.717, 1.165) is 12.8 Å². The lowest BCUT2D eigenvalue weighted by Gasteiger charge is -2.22. The zero-order valence-corrected chi connectivity index (χ0v) is 11.3. The van der Waals surface area contributed by atoms with E-state index in [-0.39, 0.29) is 30.4 Å². The van der Waals surface area contributed by atoms with E-state index in [9.17, 15) is 4.79 Å². The molecule has 4 nitrogen and oxygen atoms in total. The Morgan fingerprint density at radius 1 is 1.44 bits per heavy atom. The number of carbonyl (C=O) groups excluding carboxylic acids is 1. The second-order valence-corrected chi connectivity index (χ2v) is 4.79. The van der Waals surface area contributed by atoms with Crippen LogP contribution in [0.1, 0.15) is 40.0 Å². The predicted octanol–water partition coefficient (Wildman–Crippen LogP) is 2.22. The molecular formula is C14H22O4. The average Bonchev–Trinajstić information content (AvgIpc) is 3.15. The first kappa shape index (κ1) is 13.6. The molecule has 18 heavy (non-hydrogen) atoms. The third kappa shape index (κ3) is 2.93. The van der Waals surface area contributed by atoms with Crippen LogP contribution < -0.4 is 0 Å². The molecule has 0 N–H and O–H groups in total. The van der Waals surface area contributed by atoms with Crippen LogP contribution in [-0.4, -0.2) is 37.0 Å². The van der Waals surface area contributed by atoms with Gasteiger partial charge in [0.25, 0.3) is 0 Å². The quantitative estimate of drug-likeness (QED) is 0.538. The van der Waals surface area contributed by atoms with Crippen LogP contribution in [0.4, 0.5) is 0 Å². The minimum atomic E-state index is -0.232. The Kier molecular flexibility index (Phi) is 4.40. The molecule has 0 amide bonds. The van der Waals surface area contributed by atoms with E-state index in [1.807, 2.05) is 13.0 Å². The Morgan fingerprint density at radius 3 is 2.78 bits per heavy atom. The van der Waals surface area contributed by atoms with Crippen molar-refractivity contribution in [3.8, 4) is 0 Å². The monoisotopic (exact) mass is 254 g/mol. The topological polar surface area (TPSA) is 48.1 Å². The van der Waals surface area contributed by atoms with Gasteiger partial charge in [-0.1, -0.05) is 13.8 Å². The van der Waals surface area contributed by atoms with Crippen LogP contribution in [-0.2, 0) is 19.0 Å². The van der Waals surface area contributed by atoms with Crippen molar-refractivity contribution in [2.75, 3.05) is 6.61 Å². The molecule has 1 aliphatic heterocycles. The summed E-state index contributed by atoms with van der Waals surface area (Å²) in [6.45, 7) is 6.44.